The summed E-state index contributed by atoms with van der Waals surface area (Å²) >= 11 is 0. The van der Waals surface area contributed by atoms with Crippen molar-refractivity contribution >= 4 is 11.7 Å². The summed E-state index contributed by atoms with van der Waals surface area (Å²) in [5.74, 6) is -1.71. The molecule has 2 N–H and O–H groups in total. The summed E-state index contributed by atoms with van der Waals surface area (Å²) in [7, 11) is 0. The molecule has 0 saturated carbocycles. The lowest BCUT2D eigenvalue weighted by atomic mass is 10.3. The van der Waals surface area contributed by atoms with Crippen molar-refractivity contribution in [1.82, 2.24) is 15.1 Å². The highest BCUT2D eigenvalue weighted by Crippen LogP contribution is 2.15. The molecule has 1 aromatic heterocycles. The van der Waals surface area contributed by atoms with Gasteiger partial charge in [-0.3, -0.25) is 4.68 Å². The SMILES string of the molecule is CC(C)n1cc(NC(=O)NCCOc2ccc(F)c(F)c2)cn1. The van der Waals surface area contributed by atoms with Crippen molar-refractivity contribution in [2.45, 2.75) is 19.9 Å². The molecule has 2 aromatic rings. The lowest BCUT2D eigenvalue weighted by Crippen LogP contribution is -2.32. The average Bonchev–Trinajstić information content (AvgIpc) is 2.96. The third-order valence-electron chi connectivity index (χ3n) is 2.94. The predicted molar refractivity (Wildman–Crippen MR) is 81.5 cm³/mol. The molecule has 1 aromatic carbocycles. The first kappa shape index (κ1) is 16.7. The van der Waals surface area contributed by atoms with Crippen LogP contribution in [0, 0.1) is 11.6 Å². The van der Waals surface area contributed by atoms with E-state index in [1.165, 1.54) is 6.07 Å². The van der Waals surface area contributed by atoms with Crippen LogP contribution < -0.4 is 15.4 Å². The van der Waals surface area contributed by atoms with Gasteiger partial charge in [-0.1, -0.05) is 0 Å². The van der Waals surface area contributed by atoms with Gasteiger partial charge in [-0.2, -0.15) is 5.10 Å². The number of urea groups is 1. The quantitative estimate of drug-likeness (QED) is 0.803. The van der Waals surface area contributed by atoms with Crippen molar-refractivity contribution in [3.63, 3.8) is 0 Å². The fourth-order valence-corrected chi connectivity index (χ4v) is 1.76. The summed E-state index contributed by atoms with van der Waals surface area (Å²) in [4.78, 5) is 11.7. The summed E-state index contributed by atoms with van der Waals surface area (Å²) in [6.45, 7) is 4.30. The third kappa shape index (κ3) is 4.94. The first-order valence-corrected chi connectivity index (χ1v) is 7.12. The van der Waals surface area contributed by atoms with E-state index in [0.717, 1.165) is 12.1 Å². The van der Waals surface area contributed by atoms with Gasteiger partial charge >= 0.3 is 6.03 Å². The van der Waals surface area contributed by atoms with E-state index < -0.39 is 17.7 Å². The molecular weight excluding hydrogens is 306 g/mol. The maximum atomic E-state index is 13.0. The van der Waals surface area contributed by atoms with Crippen molar-refractivity contribution in [3.05, 3.63) is 42.2 Å². The van der Waals surface area contributed by atoms with Crippen LogP contribution in [0.15, 0.2) is 30.6 Å². The first-order chi connectivity index (χ1) is 11.0. The van der Waals surface area contributed by atoms with Crippen LogP contribution in [0.25, 0.3) is 0 Å². The summed E-state index contributed by atoms with van der Waals surface area (Å²) in [5, 5.41) is 9.32. The molecule has 6 nitrogen and oxygen atoms in total. The molecule has 0 unspecified atom stereocenters. The monoisotopic (exact) mass is 324 g/mol. The fraction of sp³-hybridized carbons (Fsp3) is 0.333. The molecule has 0 saturated heterocycles. The number of nitrogens with zero attached hydrogens (tertiary/aromatic N) is 2. The number of carbonyl (C=O) groups is 1. The summed E-state index contributed by atoms with van der Waals surface area (Å²) in [6.07, 6.45) is 3.28. The van der Waals surface area contributed by atoms with Crippen LogP contribution in [0.2, 0.25) is 0 Å². The van der Waals surface area contributed by atoms with E-state index in [1.54, 1.807) is 17.1 Å². The standard InChI is InChI=1S/C15H18F2N4O2/c1-10(2)21-9-11(8-19-21)20-15(22)18-5-6-23-12-3-4-13(16)14(17)7-12/h3-4,7-10H,5-6H2,1-2H3,(H2,18,20,22). The second-order valence-electron chi connectivity index (χ2n) is 5.11. The highest BCUT2D eigenvalue weighted by molar-refractivity contribution is 5.88. The van der Waals surface area contributed by atoms with Crippen LogP contribution in [0.4, 0.5) is 19.3 Å². The Kier molecular flexibility index (Phi) is 5.51. The lowest BCUT2D eigenvalue weighted by molar-refractivity contribution is 0.247. The number of benzene rings is 1. The Morgan fingerprint density at radius 1 is 1.35 bits per heavy atom. The molecule has 0 aliphatic rings. The topological polar surface area (TPSA) is 68.2 Å². The number of hydrogen-bond donors (Lipinski definition) is 2. The number of nitrogens with one attached hydrogen (secondary N) is 2. The van der Waals surface area contributed by atoms with Gasteiger partial charge in [0.15, 0.2) is 11.6 Å². The predicted octanol–water partition coefficient (Wildman–Crippen LogP) is 2.94. The minimum atomic E-state index is -0.977. The van der Waals surface area contributed by atoms with Gasteiger partial charge in [0, 0.05) is 18.3 Å². The molecule has 0 radical (unpaired) electrons. The first-order valence-electron chi connectivity index (χ1n) is 7.12. The van der Waals surface area contributed by atoms with Crippen molar-refractivity contribution < 1.29 is 18.3 Å². The summed E-state index contributed by atoms with van der Waals surface area (Å²) < 4.78 is 32.7. The second kappa shape index (κ2) is 7.57. The number of ether oxygens (including phenoxy) is 1. The molecule has 2 rings (SSSR count). The lowest BCUT2D eigenvalue weighted by Gasteiger charge is -2.08. The number of carbonyl (C=O) groups excluding carboxylic acids is 1. The van der Waals surface area contributed by atoms with E-state index in [2.05, 4.69) is 15.7 Å². The number of anilines is 1. The van der Waals surface area contributed by atoms with Crippen molar-refractivity contribution in [1.29, 1.82) is 0 Å². The van der Waals surface area contributed by atoms with Crippen molar-refractivity contribution in [2.24, 2.45) is 0 Å². The van der Waals surface area contributed by atoms with E-state index in [0.29, 0.717) is 5.69 Å². The number of hydrogen-bond acceptors (Lipinski definition) is 3. The molecule has 0 spiro atoms. The second-order valence-corrected chi connectivity index (χ2v) is 5.11. The number of aromatic nitrogens is 2. The molecule has 0 bridgehead atoms. The maximum Gasteiger partial charge on any atom is 0.319 e. The minimum absolute atomic E-state index is 0.129. The minimum Gasteiger partial charge on any atom is -0.492 e. The highest BCUT2D eigenvalue weighted by Gasteiger charge is 2.06. The van der Waals surface area contributed by atoms with E-state index >= 15 is 0 Å². The Labute approximate surface area is 132 Å². The van der Waals surface area contributed by atoms with E-state index in [4.69, 9.17) is 4.74 Å². The summed E-state index contributed by atoms with van der Waals surface area (Å²) in [6, 6.07) is 3.06. The highest BCUT2D eigenvalue weighted by atomic mass is 19.2. The van der Waals surface area contributed by atoms with Gasteiger partial charge in [0.05, 0.1) is 18.4 Å². The van der Waals surface area contributed by atoms with Gasteiger partial charge in [0.2, 0.25) is 0 Å². The molecule has 124 valence electrons. The van der Waals surface area contributed by atoms with E-state index in [9.17, 15) is 13.6 Å². The van der Waals surface area contributed by atoms with Crippen LogP contribution >= 0.6 is 0 Å². The molecule has 23 heavy (non-hydrogen) atoms. The van der Waals surface area contributed by atoms with Crippen LogP contribution in [0.5, 0.6) is 5.75 Å². The molecule has 8 heteroatoms. The van der Waals surface area contributed by atoms with Gasteiger partial charge in [0.25, 0.3) is 0 Å². The van der Waals surface area contributed by atoms with Gasteiger partial charge < -0.3 is 15.4 Å². The number of amides is 2. The van der Waals surface area contributed by atoms with Crippen LogP contribution in [-0.2, 0) is 0 Å². The molecular formula is C15H18F2N4O2. The largest absolute Gasteiger partial charge is 0.492 e. The van der Waals surface area contributed by atoms with Crippen LogP contribution in [0.1, 0.15) is 19.9 Å². The van der Waals surface area contributed by atoms with Gasteiger partial charge in [-0.25, -0.2) is 13.6 Å². The number of halogens is 2. The molecule has 0 aliphatic heterocycles. The molecule has 0 fully saturated rings. The zero-order valence-electron chi connectivity index (χ0n) is 12.8. The average molecular weight is 324 g/mol. The van der Waals surface area contributed by atoms with E-state index in [-0.39, 0.29) is 24.9 Å². The molecule has 0 atom stereocenters. The molecule has 0 aliphatic carbocycles. The van der Waals surface area contributed by atoms with Crippen LogP contribution in [-0.4, -0.2) is 29.0 Å². The Hall–Kier alpha value is -2.64. The zero-order valence-corrected chi connectivity index (χ0v) is 12.8. The third-order valence-corrected chi connectivity index (χ3v) is 2.94. The van der Waals surface area contributed by atoms with Crippen LogP contribution in [0.3, 0.4) is 0 Å². The Morgan fingerprint density at radius 2 is 2.13 bits per heavy atom. The molecule has 2 amide bonds. The zero-order chi connectivity index (χ0) is 16.8. The van der Waals surface area contributed by atoms with Crippen molar-refractivity contribution in [2.75, 3.05) is 18.5 Å². The number of rotatable bonds is 6. The Morgan fingerprint density at radius 3 is 2.78 bits per heavy atom. The van der Waals surface area contributed by atoms with Crippen molar-refractivity contribution in [3.8, 4) is 5.75 Å². The van der Waals surface area contributed by atoms with E-state index in [1.807, 2.05) is 13.8 Å². The Balaban J connectivity index is 1.71. The van der Waals surface area contributed by atoms with Gasteiger partial charge in [-0.15, -0.1) is 0 Å². The maximum absolute atomic E-state index is 13.0. The molecule has 1 heterocycles. The van der Waals surface area contributed by atoms with Gasteiger partial charge in [0.1, 0.15) is 12.4 Å². The van der Waals surface area contributed by atoms with Gasteiger partial charge in [-0.05, 0) is 26.0 Å². The Bertz CT molecular complexity index is 673. The fourth-order valence-electron chi connectivity index (χ4n) is 1.76. The normalized spacial score (nSPS) is 10.7. The summed E-state index contributed by atoms with van der Waals surface area (Å²) in [5.41, 5.74) is 0.581. The smallest absolute Gasteiger partial charge is 0.319 e.